The molecule has 1 saturated carbocycles. The van der Waals surface area contributed by atoms with Crippen LogP contribution in [0.25, 0.3) is 0 Å². The Morgan fingerprint density at radius 1 is 1.35 bits per heavy atom. The first-order chi connectivity index (χ1) is 8.33. The van der Waals surface area contributed by atoms with Crippen LogP contribution in [0.15, 0.2) is 35.5 Å². The first-order valence-corrected chi connectivity index (χ1v) is 6.34. The summed E-state index contributed by atoms with van der Waals surface area (Å²) in [4.78, 5) is 0. The molecule has 0 amide bonds. The lowest BCUT2D eigenvalue weighted by Crippen LogP contribution is -2.08. The first kappa shape index (κ1) is 11.8. The summed E-state index contributed by atoms with van der Waals surface area (Å²) in [5, 5.41) is 3.46. The molecule has 0 heterocycles. The number of rotatable bonds is 3. The van der Waals surface area contributed by atoms with Crippen LogP contribution in [0, 0.1) is 11.8 Å². The van der Waals surface area contributed by atoms with Gasteiger partial charge in [0.2, 0.25) is 0 Å². The van der Waals surface area contributed by atoms with Gasteiger partial charge in [0.25, 0.3) is 0 Å². The second kappa shape index (κ2) is 5.59. The zero-order valence-electron chi connectivity index (χ0n) is 10.6. The third kappa shape index (κ3) is 2.91. The molecule has 0 aliphatic heterocycles. The lowest BCUT2D eigenvalue weighted by atomic mass is 9.90. The van der Waals surface area contributed by atoms with Gasteiger partial charge in [-0.15, -0.1) is 0 Å². The molecule has 17 heavy (non-hydrogen) atoms. The highest BCUT2D eigenvalue weighted by Gasteiger charge is 2.13. The number of nitrogens with one attached hydrogen (secondary N) is 1. The maximum Gasteiger partial charge on any atom is 0.0889 e. The SMILES string of the molecule is CC#CC(Nc1cccc(CC)c1)=C1CCC1. The van der Waals surface area contributed by atoms with Gasteiger partial charge in [-0.3, -0.25) is 0 Å². The van der Waals surface area contributed by atoms with E-state index in [1.165, 1.54) is 30.4 Å². The van der Waals surface area contributed by atoms with E-state index >= 15 is 0 Å². The Balaban J connectivity index is 2.19. The molecule has 2 rings (SSSR count). The van der Waals surface area contributed by atoms with Gasteiger partial charge in [0.15, 0.2) is 0 Å². The lowest BCUT2D eigenvalue weighted by Gasteiger charge is -2.20. The third-order valence-electron chi connectivity index (χ3n) is 3.17. The molecule has 1 N–H and O–H groups in total. The van der Waals surface area contributed by atoms with Crippen LogP contribution in [0.3, 0.4) is 0 Å². The molecule has 1 aromatic carbocycles. The van der Waals surface area contributed by atoms with Crippen LogP contribution in [0.4, 0.5) is 5.69 Å². The molecular formula is C16H19N. The summed E-state index contributed by atoms with van der Waals surface area (Å²) < 4.78 is 0. The van der Waals surface area contributed by atoms with Crippen molar-refractivity contribution < 1.29 is 0 Å². The minimum absolute atomic E-state index is 1.07. The molecule has 88 valence electrons. The quantitative estimate of drug-likeness (QED) is 0.763. The van der Waals surface area contributed by atoms with E-state index in [1.807, 2.05) is 6.92 Å². The van der Waals surface area contributed by atoms with Crippen molar-refractivity contribution in [3.05, 3.63) is 41.1 Å². The maximum atomic E-state index is 3.46. The summed E-state index contributed by atoms with van der Waals surface area (Å²) in [5.41, 5.74) is 5.10. The topological polar surface area (TPSA) is 12.0 Å². The van der Waals surface area contributed by atoms with Gasteiger partial charge in [0, 0.05) is 5.69 Å². The molecule has 1 fully saturated rings. The smallest absolute Gasteiger partial charge is 0.0889 e. The van der Waals surface area contributed by atoms with Crippen LogP contribution in [0.5, 0.6) is 0 Å². The molecule has 0 saturated heterocycles. The van der Waals surface area contributed by atoms with Gasteiger partial charge < -0.3 is 5.32 Å². The number of aryl methyl sites for hydroxylation is 1. The molecule has 1 heteroatoms. The summed E-state index contributed by atoms with van der Waals surface area (Å²) in [5.74, 6) is 6.18. The Hall–Kier alpha value is -1.68. The van der Waals surface area contributed by atoms with E-state index < -0.39 is 0 Å². The van der Waals surface area contributed by atoms with E-state index in [-0.39, 0.29) is 0 Å². The number of hydrogen-bond acceptors (Lipinski definition) is 1. The number of anilines is 1. The van der Waals surface area contributed by atoms with Crippen LogP contribution in [-0.2, 0) is 6.42 Å². The van der Waals surface area contributed by atoms with Crippen molar-refractivity contribution in [3.8, 4) is 11.8 Å². The summed E-state index contributed by atoms with van der Waals surface area (Å²) >= 11 is 0. The van der Waals surface area contributed by atoms with Crippen molar-refractivity contribution in [1.29, 1.82) is 0 Å². The molecule has 0 spiro atoms. The van der Waals surface area contributed by atoms with E-state index in [1.54, 1.807) is 0 Å². The summed E-state index contributed by atoms with van der Waals surface area (Å²) in [6.07, 6.45) is 4.77. The molecule has 0 atom stereocenters. The predicted octanol–water partition coefficient (Wildman–Crippen LogP) is 4.12. The monoisotopic (exact) mass is 225 g/mol. The standard InChI is InChI=1S/C16H19N/c1-3-7-16(14-9-6-10-14)17-15-11-5-8-13(4-2)12-15/h5,8,11-12,17H,4,6,9-10H2,1-2H3. The van der Waals surface area contributed by atoms with Gasteiger partial charge in [-0.25, -0.2) is 0 Å². The van der Waals surface area contributed by atoms with E-state index in [0.29, 0.717) is 0 Å². The molecule has 1 nitrogen and oxygen atoms in total. The first-order valence-electron chi connectivity index (χ1n) is 6.34. The van der Waals surface area contributed by atoms with Crippen molar-refractivity contribution in [2.24, 2.45) is 0 Å². The molecule has 0 aromatic heterocycles. The van der Waals surface area contributed by atoms with Crippen LogP contribution in [0.2, 0.25) is 0 Å². The minimum atomic E-state index is 1.07. The molecule has 0 bridgehead atoms. The highest BCUT2D eigenvalue weighted by molar-refractivity contribution is 5.56. The van der Waals surface area contributed by atoms with Crippen molar-refractivity contribution in [1.82, 2.24) is 0 Å². The normalized spacial score (nSPS) is 13.4. The zero-order chi connectivity index (χ0) is 12.1. The fraction of sp³-hybridized carbons (Fsp3) is 0.375. The second-order valence-electron chi connectivity index (χ2n) is 4.39. The van der Waals surface area contributed by atoms with Crippen molar-refractivity contribution >= 4 is 5.69 Å². The highest BCUT2D eigenvalue weighted by atomic mass is 14.9. The van der Waals surface area contributed by atoms with E-state index in [4.69, 9.17) is 0 Å². The lowest BCUT2D eigenvalue weighted by molar-refractivity contribution is 0.656. The van der Waals surface area contributed by atoms with Gasteiger partial charge in [-0.1, -0.05) is 25.0 Å². The summed E-state index contributed by atoms with van der Waals surface area (Å²) in [6, 6.07) is 8.57. The fourth-order valence-corrected chi connectivity index (χ4v) is 1.95. The summed E-state index contributed by atoms with van der Waals surface area (Å²) in [6.45, 7) is 4.07. The molecular weight excluding hydrogens is 206 g/mol. The Morgan fingerprint density at radius 2 is 2.18 bits per heavy atom. The average molecular weight is 225 g/mol. The second-order valence-corrected chi connectivity index (χ2v) is 4.39. The summed E-state index contributed by atoms with van der Waals surface area (Å²) in [7, 11) is 0. The molecule has 1 aromatic rings. The zero-order valence-corrected chi connectivity index (χ0v) is 10.6. The fourth-order valence-electron chi connectivity index (χ4n) is 1.95. The Morgan fingerprint density at radius 3 is 2.76 bits per heavy atom. The molecule has 0 unspecified atom stereocenters. The maximum absolute atomic E-state index is 3.46. The van der Waals surface area contributed by atoms with Crippen molar-refractivity contribution in [2.75, 3.05) is 5.32 Å². The van der Waals surface area contributed by atoms with Gasteiger partial charge in [0.1, 0.15) is 0 Å². The van der Waals surface area contributed by atoms with Crippen LogP contribution < -0.4 is 5.32 Å². The molecule has 1 aliphatic rings. The molecule has 0 radical (unpaired) electrons. The number of benzene rings is 1. The van der Waals surface area contributed by atoms with Crippen molar-refractivity contribution in [2.45, 2.75) is 39.5 Å². The van der Waals surface area contributed by atoms with E-state index in [2.05, 4.69) is 48.3 Å². The Bertz CT molecular complexity index is 480. The van der Waals surface area contributed by atoms with E-state index in [9.17, 15) is 0 Å². The largest absolute Gasteiger partial charge is 0.349 e. The third-order valence-corrected chi connectivity index (χ3v) is 3.17. The highest BCUT2D eigenvalue weighted by Crippen LogP contribution is 2.29. The van der Waals surface area contributed by atoms with E-state index in [0.717, 1.165) is 17.8 Å². The number of hydrogen-bond donors (Lipinski definition) is 1. The van der Waals surface area contributed by atoms with Gasteiger partial charge in [0.05, 0.1) is 5.70 Å². The Kier molecular flexibility index (Phi) is 3.88. The van der Waals surface area contributed by atoms with Crippen LogP contribution in [-0.4, -0.2) is 0 Å². The molecule has 1 aliphatic carbocycles. The van der Waals surface area contributed by atoms with Gasteiger partial charge >= 0.3 is 0 Å². The number of allylic oxidation sites excluding steroid dienone is 2. The predicted molar refractivity (Wildman–Crippen MR) is 73.8 cm³/mol. The average Bonchev–Trinajstić information content (AvgIpc) is 2.27. The van der Waals surface area contributed by atoms with Crippen molar-refractivity contribution in [3.63, 3.8) is 0 Å². The van der Waals surface area contributed by atoms with Gasteiger partial charge in [-0.2, -0.15) is 0 Å². The van der Waals surface area contributed by atoms with Gasteiger partial charge in [-0.05, 0) is 61.8 Å². The minimum Gasteiger partial charge on any atom is -0.349 e. The van der Waals surface area contributed by atoms with Crippen LogP contribution in [0.1, 0.15) is 38.7 Å². The van der Waals surface area contributed by atoms with Crippen LogP contribution >= 0.6 is 0 Å². The Labute approximate surface area is 104 Å².